The molecule has 1 aliphatic heterocycles. The molecule has 10 nitrogen and oxygen atoms in total. The fourth-order valence-electron chi connectivity index (χ4n) is 6.25. The lowest BCUT2D eigenvalue weighted by molar-refractivity contribution is -0.578. The lowest BCUT2D eigenvalue weighted by Gasteiger charge is -2.48. The molecule has 0 spiro atoms. The van der Waals surface area contributed by atoms with Crippen LogP contribution in [0.5, 0.6) is 5.75 Å². The van der Waals surface area contributed by atoms with Crippen molar-refractivity contribution in [2.75, 3.05) is 12.0 Å². The predicted molar refractivity (Wildman–Crippen MR) is 122 cm³/mol. The van der Waals surface area contributed by atoms with Crippen LogP contribution in [-0.2, 0) is 15.1 Å². The van der Waals surface area contributed by atoms with E-state index in [1.54, 1.807) is 48.5 Å². The first-order valence-corrected chi connectivity index (χ1v) is 10.9. The van der Waals surface area contributed by atoms with Gasteiger partial charge in [0.2, 0.25) is 11.8 Å². The highest BCUT2D eigenvalue weighted by atomic mass is 16.6. The predicted octanol–water partition coefficient (Wildman–Crippen LogP) is 3.39. The number of carbonyl (C=O) groups is 2. The van der Waals surface area contributed by atoms with Crippen LogP contribution in [0.3, 0.4) is 0 Å². The van der Waals surface area contributed by atoms with Crippen LogP contribution in [0.15, 0.2) is 66.7 Å². The van der Waals surface area contributed by atoms with Gasteiger partial charge in [0.05, 0.1) is 18.0 Å². The molecule has 2 atom stereocenters. The summed E-state index contributed by atoms with van der Waals surface area (Å²) in [4.78, 5) is 52.1. The molecule has 1 saturated heterocycles. The number of imide groups is 1. The molecular formula is C25H17N3O7. The standard InChI is InChI=1S/C25H17N3O7/c1-35-19-11-10-13(27(31)32)12-18(19)26-23(29)21-20-14-6-2-4-8-16(14)25(28(33)34,22(21)24(26)30)17-9-5-3-7-15(17)20/h2-12,20-22H,1H3/t20?,21-,22+,25?/m0/s1. The molecule has 0 N–H and O–H groups in total. The Balaban J connectivity index is 1.65. The fourth-order valence-corrected chi connectivity index (χ4v) is 6.25. The number of nitrogens with zero attached hydrogens (tertiary/aromatic N) is 3. The number of non-ortho nitro benzene ring substituents is 1. The third-order valence-electron chi connectivity index (χ3n) is 7.48. The third kappa shape index (κ3) is 2.38. The van der Waals surface area contributed by atoms with E-state index in [4.69, 9.17) is 4.74 Å². The molecule has 10 heteroatoms. The number of carbonyl (C=O) groups excluding carboxylic acids is 2. The quantitative estimate of drug-likeness (QED) is 0.324. The molecule has 0 radical (unpaired) electrons. The van der Waals surface area contributed by atoms with Gasteiger partial charge < -0.3 is 4.74 Å². The molecule has 0 unspecified atom stereocenters. The summed E-state index contributed by atoms with van der Waals surface area (Å²) in [5.74, 6) is -4.26. The normalized spacial score (nSPS) is 25.6. The van der Waals surface area contributed by atoms with E-state index < -0.39 is 45.0 Å². The number of rotatable bonds is 4. The minimum atomic E-state index is -1.97. The Hall–Kier alpha value is -4.60. The number of hydrogen-bond donors (Lipinski definition) is 0. The van der Waals surface area contributed by atoms with Gasteiger partial charge in [-0.2, -0.15) is 0 Å². The van der Waals surface area contributed by atoms with Crippen molar-refractivity contribution in [3.8, 4) is 5.75 Å². The van der Waals surface area contributed by atoms with E-state index >= 15 is 0 Å². The van der Waals surface area contributed by atoms with Gasteiger partial charge in [-0.1, -0.05) is 48.5 Å². The summed E-state index contributed by atoms with van der Waals surface area (Å²) in [6.07, 6.45) is 0. The Morgan fingerprint density at radius 1 is 0.886 bits per heavy atom. The van der Waals surface area contributed by atoms with Gasteiger partial charge in [-0.3, -0.25) is 29.8 Å². The van der Waals surface area contributed by atoms with Crippen LogP contribution in [0.25, 0.3) is 0 Å². The van der Waals surface area contributed by atoms with Gasteiger partial charge in [-0.25, -0.2) is 4.90 Å². The third-order valence-corrected chi connectivity index (χ3v) is 7.48. The van der Waals surface area contributed by atoms with Gasteiger partial charge in [0, 0.05) is 34.1 Å². The molecule has 2 amide bonds. The van der Waals surface area contributed by atoms with Crippen molar-refractivity contribution in [1.29, 1.82) is 0 Å². The van der Waals surface area contributed by atoms with Gasteiger partial charge in [-0.05, 0) is 17.2 Å². The molecule has 3 aliphatic carbocycles. The zero-order chi connectivity index (χ0) is 24.6. The number of ether oxygens (including phenoxy) is 1. The minimum Gasteiger partial charge on any atom is -0.495 e. The summed E-state index contributed by atoms with van der Waals surface area (Å²) in [6, 6.07) is 17.3. The van der Waals surface area contributed by atoms with Crippen molar-refractivity contribution < 1.29 is 24.2 Å². The maximum Gasteiger partial charge on any atom is 0.285 e. The summed E-state index contributed by atoms with van der Waals surface area (Å²) in [6.45, 7) is 0. The number of nitro groups is 2. The number of nitro benzene ring substituents is 1. The molecule has 1 fully saturated rings. The molecule has 3 aromatic rings. The molecular weight excluding hydrogens is 454 g/mol. The van der Waals surface area contributed by atoms with Crippen LogP contribution < -0.4 is 9.64 Å². The van der Waals surface area contributed by atoms with E-state index in [2.05, 4.69) is 0 Å². The average Bonchev–Trinajstić information content (AvgIpc) is 3.13. The summed E-state index contributed by atoms with van der Waals surface area (Å²) in [5.41, 5.74) is -0.349. The number of benzene rings is 3. The van der Waals surface area contributed by atoms with E-state index in [-0.39, 0.29) is 17.1 Å². The van der Waals surface area contributed by atoms with Gasteiger partial charge in [0.25, 0.3) is 11.2 Å². The second-order valence-electron chi connectivity index (χ2n) is 8.80. The minimum absolute atomic E-state index is 0.0773. The maximum absolute atomic E-state index is 14.0. The van der Waals surface area contributed by atoms with Crippen LogP contribution >= 0.6 is 0 Å². The molecule has 0 saturated carbocycles. The van der Waals surface area contributed by atoms with E-state index in [0.717, 1.165) is 11.0 Å². The highest BCUT2D eigenvalue weighted by molar-refractivity contribution is 6.24. The number of anilines is 1. The SMILES string of the molecule is COc1ccc([N+](=O)[O-])cc1N1C(=O)[C@H]2C3c4ccccc4C([N+](=O)[O-])(c4ccccc43)[C@H]2C1=O. The Morgan fingerprint density at radius 2 is 1.49 bits per heavy atom. The summed E-state index contributed by atoms with van der Waals surface area (Å²) < 4.78 is 5.31. The number of amides is 2. The Bertz CT molecular complexity index is 1440. The van der Waals surface area contributed by atoms with E-state index in [1.807, 2.05) is 0 Å². The molecule has 35 heavy (non-hydrogen) atoms. The molecule has 1 heterocycles. The number of methoxy groups -OCH3 is 1. The number of hydrogen-bond acceptors (Lipinski definition) is 7. The van der Waals surface area contributed by atoms with Crippen LogP contribution in [0.4, 0.5) is 11.4 Å². The van der Waals surface area contributed by atoms with Crippen molar-refractivity contribution >= 4 is 23.2 Å². The largest absolute Gasteiger partial charge is 0.495 e. The highest BCUT2D eigenvalue weighted by Gasteiger charge is 2.75. The molecule has 0 aromatic heterocycles. The van der Waals surface area contributed by atoms with Gasteiger partial charge >= 0.3 is 0 Å². The maximum atomic E-state index is 14.0. The van der Waals surface area contributed by atoms with Crippen molar-refractivity contribution in [2.45, 2.75) is 11.5 Å². The molecule has 2 bridgehead atoms. The summed E-state index contributed by atoms with van der Waals surface area (Å²) >= 11 is 0. The first kappa shape index (κ1) is 21.0. The molecule has 4 aliphatic rings. The van der Waals surface area contributed by atoms with Gasteiger partial charge in [-0.15, -0.1) is 0 Å². The van der Waals surface area contributed by atoms with Crippen LogP contribution in [0.1, 0.15) is 28.2 Å². The second-order valence-corrected chi connectivity index (χ2v) is 8.80. The molecule has 174 valence electrons. The highest BCUT2D eigenvalue weighted by Crippen LogP contribution is 2.64. The summed E-state index contributed by atoms with van der Waals surface area (Å²) in [7, 11) is 1.32. The Kier molecular flexibility index (Phi) is 4.17. The first-order chi connectivity index (χ1) is 16.8. The smallest absolute Gasteiger partial charge is 0.285 e. The summed E-state index contributed by atoms with van der Waals surface area (Å²) in [5, 5.41) is 24.4. The van der Waals surface area contributed by atoms with Gasteiger partial charge in [0.15, 0.2) is 0 Å². The van der Waals surface area contributed by atoms with Crippen LogP contribution in [-0.4, -0.2) is 28.8 Å². The first-order valence-electron chi connectivity index (χ1n) is 10.9. The van der Waals surface area contributed by atoms with Crippen molar-refractivity contribution in [2.24, 2.45) is 11.8 Å². The van der Waals surface area contributed by atoms with Gasteiger partial charge in [0.1, 0.15) is 17.4 Å². The van der Waals surface area contributed by atoms with E-state index in [0.29, 0.717) is 22.3 Å². The Labute approximate surface area is 198 Å². The molecule has 3 aromatic carbocycles. The zero-order valence-corrected chi connectivity index (χ0v) is 18.3. The molecule has 7 rings (SSSR count). The van der Waals surface area contributed by atoms with Crippen LogP contribution in [0.2, 0.25) is 0 Å². The average molecular weight is 471 g/mol. The monoisotopic (exact) mass is 471 g/mol. The zero-order valence-electron chi connectivity index (χ0n) is 18.3. The van der Waals surface area contributed by atoms with E-state index in [9.17, 15) is 29.8 Å². The topological polar surface area (TPSA) is 133 Å². The Morgan fingerprint density at radius 3 is 2.03 bits per heavy atom. The second kappa shape index (κ2) is 6.95. The fraction of sp³-hybridized carbons (Fsp3) is 0.200. The van der Waals surface area contributed by atoms with Crippen molar-refractivity contribution in [3.63, 3.8) is 0 Å². The van der Waals surface area contributed by atoms with Crippen molar-refractivity contribution in [1.82, 2.24) is 0 Å². The van der Waals surface area contributed by atoms with Crippen molar-refractivity contribution in [3.05, 3.63) is 109 Å². The lowest BCUT2D eigenvalue weighted by Crippen LogP contribution is -2.57. The lowest BCUT2D eigenvalue weighted by atomic mass is 9.51. The van der Waals surface area contributed by atoms with Crippen LogP contribution in [0, 0.1) is 32.1 Å². The van der Waals surface area contributed by atoms with E-state index in [1.165, 1.54) is 19.2 Å².